The quantitative estimate of drug-likeness (QED) is 0.720. The first-order valence-corrected chi connectivity index (χ1v) is 7.37. The first-order chi connectivity index (χ1) is 10.4. The third-order valence-corrected chi connectivity index (χ3v) is 3.39. The summed E-state index contributed by atoms with van der Waals surface area (Å²) in [4.78, 5) is 23.7. The zero-order valence-electron chi connectivity index (χ0n) is 12.7. The molecule has 0 spiro atoms. The van der Waals surface area contributed by atoms with Crippen LogP contribution in [0.15, 0.2) is 24.3 Å². The van der Waals surface area contributed by atoms with Gasteiger partial charge in [0.15, 0.2) is 0 Å². The van der Waals surface area contributed by atoms with E-state index in [1.165, 1.54) is 6.92 Å². The number of carbonyl (C=O) groups excluding carboxylic acids is 1. The van der Waals surface area contributed by atoms with E-state index in [1.807, 2.05) is 0 Å². The smallest absolute Gasteiger partial charge is 0.320 e. The van der Waals surface area contributed by atoms with Crippen LogP contribution in [0.1, 0.15) is 13.8 Å². The zero-order chi connectivity index (χ0) is 16.5. The molecule has 1 atom stereocenters. The van der Waals surface area contributed by atoms with Crippen molar-refractivity contribution >= 4 is 23.5 Å². The van der Waals surface area contributed by atoms with Gasteiger partial charge in [0.2, 0.25) is 5.91 Å². The normalized spacial score (nSPS) is 12.0. The molecule has 1 aromatic rings. The number of hydrogen-bond donors (Lipinski definition) is 2. The van der Waals surface area contributed by atoms with Gasteiger partial charge in [-0.1, -0.05) is 11.6 Å². The number of amides is 1. The maximum absolute atomic E-state index is 11.1. The summed E-state index contributed by atoms with van der Waals surface area (Å²) in [6, 6.07) is 6.31. The van der Waals surface area contributed by atoms with Crippen LogP contribution in [0.2, 0.25) is 5.02 Å². The number of halogens is 1. The Hall–Kier alpha value is -1.79. The molecule has 1 aromatic carbocycles. The number of benzene rings is 1. The van der Waals surface area contributed by atoms with Crippen LogP contribution in [-0.4, -0.2) is 54.2 Å². The summed E-state index contributed by atoms with van der Waals surface area (Å²) in [6.07, 6.45) is 0. The summed E-state index contributed by atoms with van der Waals surface area (Å²) >= 11 is 5.79. The average molecular weight is 329 g/mol. The fourth-order valence-electron chi connectivity index (χ4n) is 1.84. The third-order valence-electron chi connectivity index (χ3n) is 3.14. The minimum atomic E-state index is -0.908. The molecule has 0 aromatic heterocycles. The molecular weight excluding hydrogens is 308 g/mol. The van der Waals surface area contributed by atoms with Gasteiger partial charge in [-0.05, 0) is 31.2 Å². The topological polar surface area (TPSA) is 78.9 Å². The Kier molecular flexibility index (Phi) is 7.70. The molecule has 2 N–H and O–H groups in total. The summed E-state index contributed by atoms with van der Waals surface area (Å²) in [5.41, 5.74) is 0. The van der Waals surface area contributed by atoms with Crippen LogP contribution in [-0.2, 0) is 9.59 Å². The second-order valence-electron chi connectivity index (χ2n) is 4.84. The van der Waals surface area contributed by atoms with Gasteiger partial charge in [0.25, 0.3) is 0 Å². The number of hydrogen-bond acceptors (Lipinski definition) is 4. The van der Waals surface area contributed by atoms with E-state index >= 15 is 0 Å². The van der Waals surface area contributed by atoms with Crippen LogP contribution in [0.5, 0.6) is 5.75 Å². The standard InChI is InChI=1S/C15H21ClN2O4/c1-11(15(20)21)18(8-7-17-12(2)19)9-10-22-14-5-3-13(16)4-6-14/h3-6,11H,7-10H2,1-2H3,(H,17,19)(H,20,21). The van der Waals surface area contributed by atoms with Gasteiger partial charge >= 0.3 is 5.97 Å². The molecule has 1 rings (SSSR count). The molecule has 0 aliphatic carbocycles. The largest absolute Gasteiger partial charge is 0.492 e. The summed E-state index contributed by atoms with van der Waals surface area (Å²) < 4.78 is 5.57. The van der Waals surface area contributed by atoms with Gasteiger partial charge in [0.05, 0.1) is 0 Å². The van der Waals surface area contributed by atoms with Crippen molar-refractivity contribution in [1.82, 2.24) is 10.2 Å². The maximum atomic E-state index is 11.1. The van der Waals surface area contributed by atoms with Crippen molar-refractivity contribution in [2.24, 2.45) is 0 Å². The molecule has 0 bridgehead atoms. The molecule has 0 heterocycles. The molecule has 122 valence electrons. The molecule has 7 heteroatoms. The van der Waals surface area contributed by atoms with Gasteiger partial charge in [-0.25, -0.2) is 0 Å². The van der Waals surface area contributed by atoms with Crippen LogP contribution in [0, 0.1) is 0 Å². The SMILES string of the molecule is CC(=O)NCCN(CCOc1ccc(Cl)cc1)C(C)C(=O)O. The second kappa shape index (κ2) is 9.27. The van der Waals surface area contributed by atoms with Gasteiger partial charge in [-0.3, -0.25) is 14.5 Å². The highest BCUT2D eigenvalue weighted by Gasteiger charge is 2.20. The van der Waals surface area contributed by atoms with E-state index in [1.54, 1.807) is 36.1 Å². The van der Waals surface area contributed by atoms with Crippen LogP contribution in [0.25, 0.3) is 0 Å². The fraction of sp³-hybridized carbons (Fsp3) is 0.467. The lowest BCUT2D eigenvalue weighted by Gasteiger charge is -2.26. The van der Waals surface area contributed by atoms with Gasteiger partial charge in [-0.15, -0.1) is 0 Å². The molecule has 0 saturated heterocycles. The fourth-order valence-corrected chi connectivity index (χ4v) is 1.97. The molecule has 0 saturated carbocycles. The average Bonchev–Trinajstić information content (AvgIpc) is 2.46. The highest BCUT2D eigenvalue weighted by Crippen LogP contribution is 2.15. The number of carboxylic acids is 1. The Morgan fingerprint density at radius 2 is 1.95 bits per heavy atom. The van der Waals surface area contributed by atoms with Crippen LogP contribution >= 0.6 is 11.6 Å². The molecule has 1 amide bonds. The van der Waals surface area contributed by atoms with Crippen molar-refractivity contribution in [3.05, 3.63) is 29.3 Å². The molecule has 0 aliphatic rings. The summed E-state index contributed by atoms with van der Waals surface area (Å²) in [7, 11) is 0. The molecule has 0 radical (unpaired) electrons. The van der Waals surface area contributed by atoms with E-state index in [0.717, 1.165) is 0 Å². The minimum absolute atomic E-state index is 0.139. The van der Waals surface area contributed by atoms with Crippen molar-refractivity contribution in [2.75, 3.05) is 26.2 Å². The molecule has 1 unspecified atom stereocenters. The van der Waals surface area contributed by atoms with Crippen LogP contribution in [0.4, 0.5) is 0 Å². The van der Waals surface area contributed by atoms with Gasteiger partial charge in [0, 0.05) is 31.6 Å². The summed E-state index contributed by atoms with van der Waals surface area (Å²) in [6.45, 7) is 4.66. The van der Waals surface area contributed by atoms with Crippen molar-refractivity contribution in [3.8, 4) is 5.75 Å². The lowest BCUT2D eigenvalue weighted by Crippen LogP contribution is -2.45. The summed E-state index contributed by atoms with van der Waals surface area (Å²) in [5.74, 6) is -0.371. The highest BCUT2D eigenvalue weighted by molar-refractivity contribution is 6.30. The van der Waals surface area contributed by atoms with E-state index in [-0.39, 0.29) is 5.91 Å². The number of ether oxygens (including phenoxy) is 1. The van der Waals surface area contributed by atoms with Gasteiger partial charge in [0.1, 0.15) is 18.4 Å². The van der Waals surface area contributed by atoms with Crippen LogP contribution in [0.3, 0.4) is 0 Å². The number of rotatable bonds is 9. The monoisotopic (exact) mass is 328 g/mol. The van der Waals surface area contributed by atoms with Crippen molar-refractivity contribution in [2.45, 2.75) is 19.9 Å². The first kappa shape index (κ1) is 18.3. The van der Waals surface area contributed by atoms with E-state index in [0.29, 0.717) is 37.0 Å². The number of carboxylic acid groups (broad SMARTS) is 1. The Labute approximate surface area is 135 Å². The van der Waals surface area contributed by atoms with E-state index < -0.39 is 12.0 Å². The molecule has 22 heavy (non-hydrogen) atoms. The Balaban J connectivity index is 2.47. The van der Waals surface area contributed by atoms with Crippen molar-refractivity contribution < 1.29 is 19.4 Å². The van der Waals surface area contributed by atoms with E-state index in [9.17, 15) is 9.59 Å². The number of carbonyl (C=O) groups is 2. The number of nitrogens with one attached hydrogen (secondary N) is 1. The third kappa shape index (κ3) is 6.78. The Morgan fingerprint density at radius 3 is 2.50 bits per heavy atom. The highest BCUT2D eigenvalue weighted by atomic mass is 35.5. The molecular formula is C15H21ClN2O4. The first-order valence-electron chi connectivity index (χ1n) is 7.00. The van der Waals surface area contributed by atoms with Gasteiger partial charge < -0.3 is 15.2 Å². The Morgan fingerprint density at radius 1 is 1.32 bits per heavy atom. The van der Waals surface area contributed by atoms with Crippen LogP contribution < -0.4 is 10.1 Å². The van der Waals surface area contributed by atoms with E-state index in [4.69, 9.17) is 21.4 Å². The number of nitrogens with zero attached hydrogens (tertiary/aromatic N) is 1. The van der Waals surface area contributed by atoms with Gasteiger partial charge in [-0.2, -0.15) is 0 Å². The maximum Gasteiger partial charge on any atom is 0.320 e. The molecule has 0 fully saturated rings. The Bertz CT molecular complexity index is 493. The van der Waals surface area contributed by atoms with Crippen molar-refractivity contribution in [1.29, 1.82) is 0 Å². The zero-order valence-corrected chi connectivity index (χ0v) is 13.5. The molecule has 6 nitrogen and oxygen atoms in total. The second-order valence-corrected chi connectivity index (χ2v) is 5.27. The minimum Gasteiger partial charge on any atom is -0.492 e. The predicted octanol–water partition coefficient (Wildman–Crippen LogP) is 1.63. The number of aliphatic carboxylic acids is 1. The molecule has 0 aliphatic heterocycles. The summed E-state index contributed by atoms with van der Waals surface area (Å²) in [5, 5.41) is 12.4. The van der Waals surface area contributed by atoms with E-state index in [2.05, 4.69) is 5.32 Å². The van der Waals surface area contributed by atoms with Crippen molar-refractivity contribution in [3.63, 3.8) is 0 Å². The lowest BCUT2D eigenvalue weighted by atomic mass is 10.3. The predicted molar refractivity (Wildman–Crippen MR) is 84.3 cm³/mol. The lowest BCUT2D eigenvalue weighted by molar-refractivity contribution is -0.142.